The van der Waals surface area contributed by atoms with Gasteiger partial charge >= 0.3 is 0 Å². The van der Waals surface area contributed by atoms with Crippen LogP contribution in [0.3, 0.4) is 0 Å². The van der Waals surface area contributed by atoms with Crippen molar-refractivity contribution < 1.29 is 9.90 Å². The van der Waals surface area contributed by atoms with Gasteiger partial charge in [0, 0.05) is 19.0 Å². The van der Waals surface area contributed by atoms with Crippen LogP contribution in [0.2, 0.25) is 0 Å². The summed E-state index contributed by atoms with van der Waals surface area (Å²) in [5.74, 6) is 0.198. The first-order valence-corrected chi connectivity index (χ1v) is 8.11. The molecule has 3 heteroatoms. The fraction of sp³-hybridized carbons (Fsp3) is 0.350. The summed E-state index contributed by atoms with van der Waals surface area (Å²) < 4.78 is 0. The highest BCUT2D eigenvalue weighted by Crippen LogP contribution is 2.30. The van der Waals surface area contributed by atoms with E-state index >= 15 is 0 Å². The second kappa shape index (κ2) is 6.17. The van der Waals surface area contributed by atoms with E-state index in [1.165, 1.54) is 5.56 Å². The van der Waals surface area contributed by atoms with Crippen LogP contribution in [0.1, 0.15) is 47.8 Å². The zero-order valence-corrected chi connectivity index (χ0v) is 13.9. The number of hydrogen-bond acceptors (Lipinski definition) is 2. The van der Waals surface area contributed by atoms with Crippen molar-refractivity contribution >= 4 is 5.91 Å². The summed E-state index contributed by atoms with van der Waals surface area (Å²) in [6.07, 6.45) is -0.628. The number of benzene rings is 2. The SMILES string of the molecule is Cc1ccccc1C(O)c1ccc2c(c1)CN(C(=O)C(C)C)C2. The topological polar surface area (TPSA) is 40.5 Å². The van der Waals surface area contributed by atoms with Gasteiger partial charge in [0.05, 0.1) is 0 Å². The lowest BCUT2D eigenvalue weighted by Crippen LogP contribution is -2.29. The minimum Gasteiger partial charge on any atom is -0.384 e. The van der Waals surface area contributed by atoms with Gasteiger partial charge in [-0.2, -0.15) is 0 Å². The molecule has 0 fully saturated rings. The summed E-state index contributed by atoms with van der Waals surface area (Å²) in [4.78, 5) is 14.1. The molecule has 0 radical (unpaired) electrons. The highest BCUT2D eigenvalue weighted by atomic mass is 16.3. The maximum atomic E-state index is 12.2. The van der Waals surface area contributed by atoms with Gasteiger partial charge in [0.1, 0.15) is 6.10 Å². The van der Waals surface area contributed by atoms with Crippen molar-refractivity contribution in [1.29, 1.82) is 0 Å². The Labute approximate surface area is 137 Å². The molecule has 2 aromatic rings. The summed E-state index contributed by atoms with van der Waals surface area (Å²) in [7, 11) is 0. The smallest absolute Gasteiger partial charge is 0.225 e. The van der Waals surface area contributed by atoms with Crippen LogP contribution < -0.4 is 0 Å². The number of carbonyl (C=O) groups is 1. The van der Waals surface area contributed by atoms with E-state index in [0.29, 0.717) is 13.1 Å². The van der Waals surface area contributed by atoms with E-state index in [0.717, 1.165) is 22.3 Å². The normalized spacial score (nSPS) is 14.9. The fourth-order valence-electron chi connectivity index (χ4n) is 3.18. The molecule has 0 spiro atoms. The van der Waals surface area contributed by atoms with E-state index in [1.54, 1.807) is 0 Å². The van der Waals surface area contributed by atoms with E-state index < -0.39 is 6.10 Å². The number of rotatable bonds is 3. The Morgan fingerprint density at radius 3 is 2.48 bits per heavy atom. The predicted molar refractivity (Wildman–Crippen MR) is 90.8 cm³/mol. The predicted octanol–water partition coefficient (Wildman–Crippen LogP) is 3.57. The first-order valence-electron chi connectivity index (χ1n) is 8.11. The second-order valence-corrected chi connectivity index (χ2v) is 6.64. The highest BCUT2D eigenvalue weighted by Gasteiger charge is 2.26. The van der Waals surface area contributed by atoms with Gasteiger partial charge in [0.25, 0.3) is 0 Å². The summed E-state index contributed by atoms with van der Waals surface area (Å²) >= 11 is 0. The Morgan fingerprint density at radius 1 is 1.09 bits per heavy atom. The summed E-state index contributed by atoms with van der Waals surface area (Å²) in [6, 6.07) is 13.9. The summed E-state index contributed by atoms with van der Waals surface area (Å²) in [6.45, 7) is 7.18. The average molecular weight is 309 g/mol. The molecule has 0 saturated carbocycles. The molecule has 1 N–H and O–H groups in total. The molecule has 1 heterocycles. The van der Waals surface area contributed by atoms with Crippen LogP contribution in [0.25, 0.3) is 0 Å². The number of carbonyl (C=O) groups excluding carboxylic acids is 1. The van der Waals surface area contributed by atoms with Gasteiger partial charge in [-0.3, -0.25) is 4.79 Å². The van der Waals surface area contributed by atoms with Gasteiger partial charge < -0.3 is 10.0 Å². The van der Waals surface area contributed by atoms with Crippen LogP contribution in [0.5, 0.6) is 0 Å². The quantitative estimate of drug-likeness (QED) is 0.941. The average Bonchev–Trinajstić information content (AvgIpc) is 2.96. The molecule has 1 unspecified atom stereocenters. The molecule has 3 nitrogen and oxygen atoms in total. The minimum atomic E-state index is -0.628. The lowest BCUT2D eigenvalue weighted by Gasteiger charge is -2.17. The highest BCUT2D eigenvalue weighted by molar-refractivity contribution is 5.78. The van der Waals surface area contributed by atoms with Crippen molar-refractivity contribution in [1.82, 2.24) is 4.90 Å². The van der Waals surface area contributed by atoms with E-state index in [2.05, 4.69) is 0 Å². The van der Waals surface area contributed by atoms with Gasteiger partial charge in [-0.1, -0.05) is 56.3 Å². The van der Waals surface area contributed by atoms with Crippen molar-refractivity contribution in [2.45, 2.75) is 40.0 Å². The monoisotopic (exact) mass is 309 g/mol. The third-order valence-corrected chi connectivity index (χ3v) is 4.56. The number of hydrogen-bond donors (Lipinski definition) is 1. The molecular weight excluding hydrogens is 286 g/mol. The van der Waals surface area contributed by atoms with Crippen LogP contribution in [0.15, 0.2) is 42.5 Å². The Bertz CT molecular complexity index is 736. The second-order valence-electron chi connectivity index (χ2n) is 6.64. The van der Waals surface area contributed by atoms with Gasteiger partial charge in [0.2, 0.25) is 5.91 Å². The molecule has 1 aliphatic rings. The standard InChI is InChI=1S/C20H23NO2/c1-13(2)20(23)21-11-16-9-8-15(10-17(16)12-21)19(22)18-7-5-4-6-14(18)3/h4-10,13,19,22H,11-12H2,1-3H3. The Balaban J connectivity index is 1.85. The summed E-state index contributed by atoms with van der Waals surface area (Å²) in [5, 5.41) is 10.7. The molecule has 3 rings (SSSR count). The van der Waals surface area contributed by atoms with Crippen molar-refractivity contribution in [3.63, 3.8) is 0 Å². The van der Waals surface area contributed by atoms with Crippen molar-refractivity contribution in [2.75, 3.05) is 0 Å². The molecule has 0 bridgehead atoms. The van der Waals surface area contributed by atoms with Crippen LogP contribution in [-0.4, -0.2) is 15.9 Å². The van der Waals surface area contributed by atoms with E-state index in [4.69, 9.17) is 0 Å². The number of aliphatic hydroxyl groups excluding tert-OH is 1. The Hall–Kier alpha value is -2.13. The molecule has 1 aliphatic heterocycles. The minimum absolute atomic E-state index is 0.0151. The zero-order valence-electron chi connectivity index (χ0n) is 13.9. The molecule has 1 atom stereocenters. The lowest BCUT2D eigenvalue weighted by atomic mass is 9.95. The third kappa shape index (κ3) is 3.02. The van der Waals surface area contributed by atoms with Crippen LogP contribution in [0.4, 0.5) is 0 Å². The Morgan fingerprint density at radius 2 is 1.78 bits per heavy atom. The van der Waals surface area contributed by atoms with Gasteiger partial charge in [-0.15, -0.1) is 0 Å². The first kappa shape index (κ1) is 15.8. The number of amides is 1. The Kier molecular flexibility index (Phi) is 4.22. The molecule has 1 amide bonds. The molecule has 0 aliphatic carbocycles. The molecule has 2 aromatic carbocycles. The third-order valence-electron chi connectivity index (χ3n) is 4.56. The van der Waals surface area contributed by atoms with Crippen LogP contribution in [-0.2, 0) is 17.9 Å². The van der Waals surface area contributed by atoms with E-state index in [9.17, 15) is 9.90 Å². The maximum Gasteiger partial charge on any atom is 0.225 e. The zero-order chi connectivity index (χ0) is 16.6. The van der Waals surface area contributed by atoms with Gasteiger partial charge in [-0.05, 0) is 34.7 Å². The molecule has 120 valence electrons. The van der Waals surface area contributed by atoms with Crippen LogP contribution >= 0.6 is 0 Å². The fourth-order valence-corrected chi connectivity index (χ4v) is 3.18. The number of aryl methyl sites for hydroxylation is 1. The number of fused-ring (bicyclic) bond motifs is 1. The van der Waals surface area contributed by atoms with E-state index in [1.807, 2.05) is 68.1 Å². The molecule has 0 saturated heterocycles. The van der Waals surface area contributed by atoms with Gasteiger partial charge in [0.15, 0.2) is 0 Å². The molecule has 23 heavy (non-hydrogen) atoms. The van der Waals surface area contributed by atoms with Crippen molar-refractivity contribution in [3.8, 4) is 0 Å². The van der Waals surface area contributed by atoms with Gasteiger partial charge in [-0.25, -0.2) is 0 Å². The number of nitrogens with zero attached hydrogens (tertiary/aromatic N) is 1. The maximum absolute atomic E-state index is 12.2. The first-order chi connectivity index (χ1) is 11.0. The van der Waals surface area contributed by atoms with Crippen molar-refractivity contribution in [3.05, 3.63) is 70.3 Å². The lowest BCUT2D eigenvalue weighted by molar-refractivity contribution is -0.135. The molecular formula is C20H23NO2. The largest absolute Gasteiger partial charge is 0.384 e. The molecule has 0 aromatic heterocycles. The number of aliphatic hydroxyl groups is 1. The van der Waals surface area contributed by atoms with Crippen LogP contribution in [0, 0.1) is 12.8 Å². The van der Waals surface area contributed by atoms with Crippen molar-refractivity contribution in [2.24, 2.45) is 5.92 Å². The summed E-state index contributed by atoms with van der Waals surface area (Å²) in [5.41, 5.74) is 5.22. The van der Waals surface area contributed by atoms with E-state index in [-0.39, 0.29) is 11.8 Å².